The second-order valence-electron chi connectivity index (χ2n) is 5.26. The van der Waals surface area contributed by atoms with E-state index in [9.17, 15) is 4.79 Å². The molecule has 1 aliphatic rings. The number of nitrogens with zero attached hydrogens (tertiary/aromatic N) is 2. The summed E-state index contributed by atoms with van der Waals surface area (Å²) in [6.45, 7) is 2.09. The summed E-state index contributed by atoms with van der Waals surface area (Å²) in [7, 11) is 3.32. The number of fused-ring (bicyclic) bond motifs is 1. The van der Waals surface area contributed by atoms with Gasteiger partial charge < -0.3 is 10.1 Å². The van der Waals surface area contributed by atoms with E-state index < -0.39 is 0 Å². The van der Waals surface area contributed by atoms with Crippen LogP contribution in [0.1, 0.15) is 34.8 Å². The first-order valence-electron chi connectivity index (χ1n) is 6.96. The molecule has 2 heterocycles. The van der Waals surface area contributed by atoms with Gasteiger partial charge in [-0.15, -0.1) is 0 Å². The number of hydrogen-bond donors (Lipinski definition) is 1. The average molecular weight is 273 g/mol. The Morgan fingerprint density at radius 1 is 1.40 bits per heavy atom. The molecular formula is C15H19N3O2. The lowest BCUT2D eigenvalue weighted by Gasteiger charge is -2.21. The predicted molar refractivity (Wildman–Crippen MR) is 76.9 cm³/mol. The summed E-state index contributed by atoms with van der Waals surface area (Å²) < 4.78 is 6.63. The summed E-state index contributed by atoms with van der Waals surface area (Å²) in [5.41, 5.74) is 2.71. The topological polar surface area (TPSA) is 56.1 Å². The number of aryl methyl sites for hydroxylation is 1. The number of aromatic nitrogens is 2. The standard InChI is InChI=1S/C15H19N3O2/c1-18-13-9-11(15(19)20-2)3-4-12(13)14(17-18)10-5-7-16-8-6-10/h3-4,9-10,16H,5-8H2,1-2H3. The molecule has 2 aromatic rings. The molecule has 1 aromatic heterocycles. The van der Waals surface area contributed by atoms with E-state index in [0.717, 1.165) is 42.5 Å². The van der Waals surface area contributed by atoms with Crippen molar-refractivity contribution in [3.8, 4) is 0 Å². The van der Waals surface area contributed by atoms with Crippen molar-refractivity contribution in [1.82, 2.24) is 15.1 Å². The molecule has 5 nitrogen and oxygen atoms in total. The molecule has 3 rings (SSSR count). The van der Waals surface area contributed by atoms with Gasteiger partial charge in [0, 0.05) is 18.4 Å². The Labute approximate surface area is 117 Å². The summed E-state index contributed by atoms with van der Waals surface area (Å²) in [6, 6.07) is 5.67. The van der Waals surface area contributed by atoms with Crippen molar-refractivity contribution < 1.29 is 9.53 Å². The van der Waals surface area contributed by atoms with E-state index >= 15 is 0 Å². The molecule has 0 amide bonds. The van der Waals surface area contributed by atoms with Crippen molar-refractivity contribution in [2.75, 3.05) is 20.2 Å². The number of carbonyl (C=O) groups is 1. The van der Waals surface area contributed by atoms with E-state index in [1.54, 1.807) is 0 Å². The fraction of sp³-hybridized carbons (Fsp3) is 0.467. The lowest BCUT2D eigenvalue weighted by molar-refractivity contribution is 0.0601. The second-order valence-corrected chi connectivity index (χ2v) is 5.26. The monoisotopic (exact) mass is 273 g/mol. The van der Waals surface area contributed by atoms with Crippen molar-refractivity contribution in [3.05, 3.63) is 29.5 Å². The molecule has 0 radical (unpaired) electrons. The first-order chi connectivity index (χ1) is 9.70. The van der Waals surface area contributed by atoms with Crippen LogP contribution >= 0.6 is 0 Å². The molecule has 0 saturated carbocycles. The van der Waals surface area contributed by atoms with Gasteiger partial charge in [-0.1, -0.05) is 6.07 Å². The number of ether oxygens (including phenoxy) is 1. The van der Waals surface area contributed by atoms with Crippen LogP contribution in [0.25, 0.3) is 10.9 Å². The molecule has 1 N–H and O–H groups in total. The van der Waals surface area contributed by atoms with Gasteiger partial charge in [-0.3, -0.25) is 4.68 Å². The number of methoxy groups -OCH3 is 1. The molecule has 0 atom stereocenters. The lowest BCUT2D eigenvalue weighted by Crippen LogP contribution is -2.26. The first-order valence-corrected chi connectivity index (χ1v) is 6.96. The van der Waals surface area contributed by atoms with Gasteiger partial charge in [0.05, 0.1) is 23.9 Å². The molecule has 1 fully saturated rings. The third-order valence-corrected chi connectivity index (χ3v) is 4.03. The summed E-state index contributed by atoms with van der Waals surface area (Å²) in [5.74, 6) is 0.195. The summed E-state index contributed by atoms with van der Waals surface area (Å²) in [4.78, 5) is 11.6. The van der Waals surface area contributed by atoms with Crippen LogP contribution in [0, 0.1) is 0 Å². The van der Waals surface area contributed by atoms with Gasteiger partial charge in [0.1, 0.15) is 0 Å². The average Bonchev–Trinajstić information content (AvgIpc) is 2.84. The van der Waals surface area contributed by atoms with E-state index in [4.69, 9.17) is 4.74 Å². The van der Waals surface area contributed by atoms with E-state index in [1.807, 2.05) is 29.9 Å². The van der Waals surface area contributed by atoms with Crippen molar-refractivity contribution >= 4 is 16.9 Å². The van der Waals surface area contributed by atoms with Crippen LogP contribution in [0.2, 0.25) is 0 Å². The van der Waals surface area contributed by atoms with Gasteiger partial charge in [0.15, 0.2) is 0 Å². The molecule has 0 aliphatic carbocycles. The quantitative estimate of drug-likeness (QED) is 0.848. The number of nitrogens with one attached hydrogen (secondary N) is 1. The molecule has 0 spiro atoms. The molecule has 20 heavy (non-hydrogen) atoms. The predicted octanol–water partition coefficient (Wildman–Crippen LogP) is 1.83. The van der Waals surface area contributed by atoms with Crippen LogP contribution in [0.4, 0.5) is 0 Å². The Morgan fingerprint density at radius 2 is 2.15 bits per heavy atom. The van der Waals surface area contributed by atoms with Crippen molar-refractivity contribution in [3.63, 3.8) is 0 Å². The Bertz CT molecular complexity index is 642. The summed E-state index contributed by atoms with van der Waals surface area (Å²) in [6.07, 6.45) is 2.23. The second kappa shape index (κ2) is 5.25. The SMILES string of the molecule is COC(=O)c1ccc2c(C3CCNCC3)nn(C)c2c1. The highest BCUT2D eigenvalue weighted by Gasteiger charge is 2.21. The van der Waals surface area contributed by atoms with E-state index in [-0.39, 0.29) is 5.97 Å². The Hall–Kier alpha value is -1.88. The zero-order chi connectivity index (χ0) is 14.1. The fourth-order valence-electron chi connectivity index (χ4n) is 2.93. The van der Waals surface area contributed by atoms with Gasteiger partial charge in [0.2, 0.25) is 0 Å². The highest BCUT2D eigenvalue weighted by molar-refractivity contribution is 5.95. The van der Waals surface area contributed by atoms with Crippen molar-refractivity contribution in [2.45, 2.75) is 18.8 Å². The van der Waals surface area contributed by atoms with Gasteiger partial charge in [-0.05, 0) is 38.1 Å². The van der Waals surface area contributed by atoms with E-state index in [1.165, 1.54) is 7.11 Å². The zero-order valence-corrected chi connectivity index (χ0v) is 11.8. The Balaban J connectivity index is 2.05. The third-order valence-electron chi connectivity index (χ3n) is 4.03. The highest BCUT2D eigenvalue weighted by atomic mass is 16.5. The maximum absolute atomic E-state index is 11.6. The van der Waals surface area contributed by atoms with E-state index in [2.05, 4.69) is 10.4 Å². The van der Waals surface area contributed by atoms with Crippen LogP contribution in [-0.2, 0) is 11.8 Å². The van der Waals surface area contributed by atoms with Gasteiger partial charge in [0.25, 0.3) is 0 Å². The fourth-order valence-corrected chi connectivity index (χ4v) is 2.93. The van der Waals surface area contributed by atoms with Gasteiger partial charge in [-0.25, -0.2) is 4.79 Å². The Kier molecular flexibility index (Phi) is 3.44. The van der Waals surface area contributed by atoms with Crippen LogP contribution in [0.15, 0.2) is 18.2 Å². The molecule has 1 saturated heterocycles. The molecule has 106 valence electrons. The largest absolute Gasteiger partial charge is 0.465 e. The number of benzene rings is 1. The van der Waals surface area contributed by atoms with Gasteiger partial charge in [-0.2, -0.15) is 5.10 Å². The Morgan fingerprint density at radius 3 is 2.85 bits per heavy atom. The van der Waals surface area contributed by atoms with E-state index in [0.29, 0.717) is 11.5 Å². The van der Waals surface area contributed by atoms with Crippen LogP contribution < -0.4 is 5.32 Å². The minimum Gasteiger partial charge on any atom is -0.465 e. The van der Waals surface area contributed by atoms with Crippen LogP contribution in [0.3, 0.4) is 0 Å². The molecule has 0 bridgehead atoms. The molecule has 1 aliphatic heterocycles. The summed E-state index contributed by atoms with van der Waals surface area (Å²) in [5, 5.41) is 9.20. The maximum atomic E-state index is 11.6. The number of hydrogen-bond acceptors (Lipinski definition) is 4. The maximum Gasteiger partial charge on any atom is 0.337 e. The summed E-state index contributed by atoms with van der Waals surface area (Å²) >= 11 is 0. The lowest BCUT2D eigenvalue weighted by atomic mass is 9.92. The van der Waals surface area contributed by atoms with Gasteiger partial charge >= 0.3 is 5.97 Å². The minimum atomic E-state index is -0.309. The van der Waals surface area contributed by atoms with Crippen LogP contribution in [-0.4, -0.2) is 35.9 Å². The van der Waals surface area contributed by atoms with Crippen molar-refractivity contribution in [2.24, 2.45) is 7.05 Å². The normalized spacial score (nSPS) is 16.5. The molecule has 0 unspecified atom stereocenters. The van der Waals surface area contributed by atoms with Crippen molar-refractivity contribution in [1.29, 1.82) is 0 Å². The molecule has 5 heteroatoms. The zero-order valence-electron chi connectivity index (χ0n) is 11.8. The minimum absolute atomic E-state index is 0.309. The number of carbonyl (C=O) groups excluding carboxylic acids is 1. The smallest absolute Gasteiger partial charge is 0.337 e. The molecule has 1 aromatic carbocycles. The molecular weight excluding hydrogens is 254 g/mol. The highest BCUT2D eigenvalue weighted by Crippen LogP contribution is 2.30. The number of esters is 1. The van der Waals surface area contributed by atoms with Crippen LogP contribution in [0.5, 0.6) is 0 Å². The third kappa shape index (κ3) is 2.18. The number of piperidine rings is 1. The number of rotatable bonds is 2. The first kappa shape index (κ1) is 13.1.